The van der Waals surface area contributed by atoms with E-state index in [1.54, 1.807) is 7.11 Å². The monoisotopic (exact) mass is 383 g/mol. The Balaban J connectivity index is 1.76. The van der Waals surface area contributed by atoms with E-state index in [2.05, 4.69) is 15.6 Å². The van der Waals surface area contributed by atoms with Gasteiger partial charge in [-0.1, -0.05) is 23.7 Å². The molecule has 1 aromatic carbocycles. The summed E-state index contributed by atoms with van der Waals surface area (Å²) in [5, 5.41) is 7.29. The molecule has 146 valence electrons. The molecular weight excluding hydrogens is 354 g/mol. The molecule has 2 atom stereocenters. The van der Waals surface area contributed by atoms with E-state index in [0.717, 1.165) is 57.3 Å². The lowest BCUT2D eigenvalue weighted by molar-refractivity contribution is 0.0420. The molecule has 7 heteroatoms. The van der Waals surface area contributed by atoms with Crippen LogP contribution in [0.1, 0.15) is 31.4 Å². The van der Waals surface area contributed by atoms with Gasteiger partial charge in [0, 0.05) is 38.4 Å². The molecule has 0 aromatic heterocycles. The lowest BCUT2D eigenvalue weighted by Crippen LogP contribution is -2.38. The van der Waals surface area contributed by atoms with E-state index in [0.29, 0.717) is 11.6 Å². The Labute approximate surface area is 161 Å². The highest BCUT2D eigenvalue weighted by molar-refractivity contribution is 6.30. The minimum absolute atomic E-state index is 0.130. The topological polar surface area (TPSA) is 64.1 Å². The molecule has 6 nitrogen and oxygen atoms in total. The van der Waals surface area contributed by atoms with Gasteiger partial charge < -0.3 is 24.8 Å². The van der Waals surface area contributed by atoms with Crippen molar-refractivity contribution in [1.82, 2.24) is 10.6 Å². The number of aliphatic imine (C=N–C) groups is 1. The minimum atomic E-state index is -0.130. The third-order valence-corrected chi connectivity index (χ3v) is 4.35. The summed E-state index contributed by atoms with van der Waals surface area (Å²) in [7, 11) is 1.69. The summed E-state index contributed by atoms with van der Waals surface area (Å²) >= 11 is 6.07. The zero-order valence-corrected chi connectivity index (χ0v) is 16.4. The summed E-state index contributed by atoms with van der Waals surface area (Å²) < 4.78 is 16.6. The van der Waals surface area contributed by atoms with Gasteiger partial charge in [-0.3, -0.25) is 4.99 Å². The van der Waals surface area contributed by atoms with E-state index in [9.17, 15) is 0 Å². The molecule has 26 heavy (non-hydrogen) atoms. The smallest absolute Gasteiger partial charge is 0.191 e. The second-order valence-electron chi connectivity index (χ2n) is 6.14. The van der Waals surface area contributed by atoms with E-state index in [-0.39, 0.29) is 12.2 Å². The second-order valence-corrected chi connectivity index (χ2v) is 6.57. The molecule has 2 unspecified atom stereocenters. The maximum Gasteiger partial charge on any atom is 0.191 e. The summed E-state index contributed by atoms with van der Waals surface area (Å²) in [6.45, 7) is 6.43. The summed E-state index contributed by atoms with van der Waals surface area (Å²) in [5.74, 6) is 0.778. The highest BCUT2D eigenvalue weighted by Crippen LogP contribution is 2.20. The van der Waals surface area contributed by atoms with Crippen LogP contribution in [-0.2, 0) is 14.2 Å². The molecule has 2 rings (SSSR count). The fraction of sp³-hybridized carbons (Fsp3) is 0.632. The van der Waals surface area contributed by atoms with Crippen molar-refractivity contribution < 1.29 is 14.2 Å². The van der Waals surface area contributed by atoms with Crippen LogP contribution in [0.25, 0.3) is 0 Å². The Morgan fingerprint density at radius 2 is 2.31 bits per heavy atom. The number of hydrogen-bond acceptors (Lipinski definition) is 4. The van der Waals surface area contributed by atoms with Crippen LogP contribution in [-0.4, -0.2) is 58.6 Å². The number of hydrogen-bond donors (Lipinski definition) is 2. The number of nitrogens with zero attached hydrogens (tertiary/aromatic N) is 1. The van der Waals surface area contributed by atoms with Gasteiger partial charge in [-0.15, -0.1) is 0 Å². The highest BCUT2D eigenvalue weighted by Gasteiger charge is 2.15. The van der Waals surface area contributed by atoms with Crippen LogP contribution in [0.4, 0.5) is 0 Å². The fourth-order valence-corrected chi connectivity index (χ4v) is 2.91. The van der Waals surface area contributed by atoms with Crippen molar-refractivity contribution in [3.8, 4) is 0 Å². The summed E-state index contributed by atoms with van der Waals surface area (Å²) in [6, 6.07) is 7.69. The molecule has 0 bridgehead atoms. The van der Waals surface area contributed by atoms with Gasteiger partial charge in [0.25, 0.3) is 0 Å². The van der Waals surface area contributed by atoms with Gasteiger partial charge in [0.1, 0.15) is 6.10 Å². The molecule has 0 radical (unpaired) electrons. The molecule has 1 aromatic rings. The van der Waals surface area contributed by atoms with Gasteiger partial charge in [0.15, 0.2) is 5.96 Å². The predicted molar refractivity (Wildman–Crippen MR) is 105 cm³/mol. The quantitative estimate of drug-likeness (QED) is 0.369. The molecule has 1 heterocycles. The molecule has 1 saturated heterocycles. The zero-order chi connectivity index (χ0) is 18.6. The van der Waals surface area contributed by atoms with Gasteiger partial charge in [-0.05, 0) is 37.5 Å². The maximum atomic E-state index is 6.07. The van der Waals surface area contributed by atoms with Crippen molar-refractivity contribution in [2.75, 3.05) is 46.6 Å². The van der Waals surface area contributed by atoms with Crippen LogP contribution in [0.2, 0.25) is 5.02 Å². The van der Waals surface area contributed by atoms with E-state index in [1.807, 2.05) is 31.2 Å². The minimum Gasteiger partial charge on any atom is -0.379 e. The first-order chi connectivity index (χ1) is 12.7. The first-order valence-corrected chi connectivity index (χ1v) is 9.60. The first-order valence-electron chi connectivity index (χ1n) is 9.22. The zero-order valence-electron chi connectivity index (χ0n) is 15.7. The Morgan fingerprint density at radius 3 is 3.00 bits per heavy atom. The van der Waals surface area contributed by atoms with Crippen molar-refractivity contribution in [3.05, 3.63) is 34.9 Å². The average Bonchev–Trinajstić information content (AvgIpc) is 3.15. The fourth-order valence-electron chi connectivity index (χ4n) is 2.71. The van der Waals surface area contributed by atoms with Crippen LogP contribution >= 0.6 is 11.6 Å². The number of methoxy groups -OCH3 is 1. The van der Waals surface area contributed by atoms with E-state index >= 15 is 0 Å². The summed E-state index contributed by atoms with van der Waals surface area (Å²) in [6.07, 6.45) is 2.05. The van der Waals surface area contributed by atoms with Crippen molar-refractivity contribution in [3.63, 3.8) is 0 Å². The van der Waals surface area contributed by atoms with Gasteiger partial charge in [0.05, 0.1) is 19.3 Å². The van der Waals surface area contributed by atoms with Crippen LogP contribution in [0.3, 0.4) is 0 Å². The van der Waals surface area contributed by atoms with Crippen LogP contribution in [0.5, 0.6) is 0 Å². The lowest BCUT2D eigenvalue weighted by atomic mass is 10.1. The van der Waals surface area contributed by atoms with Crippen LogP contribution in [0.15, 0.2) is 29.3 Å². The number of benzene rings is 1. The van der Waals surface area contributed by atoms with E-state index in [4.69, 9.17) is 25.8 Å². The molecule has 0 aliphatic carbocycles. The highest BCUT2D eigenvalue weighted by atomic mass is 35.5. The van der Waals surface area contributed by atoms with Gasteiger partial charge in [-0.2, -0.15) is 0 Å². The molecule has 2 N–H and O–H groups in total. The predicted octanol–water partition coefficient (Wildman–Crippen LogP) is 2.78. The van der Waals surface area contributed by atoms with Crippen LogP contribution in [0, 0.1) is 0 Å². The Kier molecular flexibility index (Phi) is 9.77. The number of halogens is 1. The SMILES string of the molecule is CCNC(=NCC(OC)c1cccc(Cl)c1)NCCCOC1CCOC1. The maximum absolute atomic E-state index is 6.07. The van der Waals surface area contributed by atoms with E-state index in [1.165, 1.54) is 0 Å². The summed E-state index contributed by atoms with van der Waals surface area (Å²) in [4.78, 5) is 4.63. The third kappa shape index (κ3) is 7.50. The van der Waals surface area contributed by atoms with Crippen molar-refractivity contribution >= 4 is 17.6 Å². The number of ether oxygens (including phenoxy) is 3. The molecular formula is C19H30ClN3O3. The molecule has 0 saturated carbocycles. The molecule has 0 amide bonds. The van der Waals surface area contributed by atoms with Gasteiger partial charge in [-0.25, -0.2) is 0 Å². The number of guanidine groups is 1. The molecule has 0 spiro atoms. The number of rotatable bonds is 10. The lowest BCUT2D eigenvalue weighted by Gasteiger charge is -2.16. The van der Waals surface area contributed by atoms with Crippen molar-refractivity contribution in [1.29, 1.82) is 0 Å². The molecule has 1 fully saturated rings. The molecule has 1 aliphatic rings. The second kappa shape index (κ2) is 12.1. The van der Waals surface area contributed by atoms with Gasteiger partial charge in [0.2, 0.25) is 0 Å². The largest absolute Gasteiger partial charge is 0.379 e. The van der Waals surface area contributed by atoms with Crippen molar-refractivity contribution in [2.24, 2.45) is 4.99 Å². The van der Waals surface area contributed by atoms with Crippen molar-refractivity contribution in [2.45, 2.75) is 32.0 Å². The van der Waals surface area contributed by atoms with E-state index < -0.39 is 0 Å². The van der Waals surface area contributed by atoms with Gasteiger partial charge >= 0.3 is 0 Å². The number of nitrogens with one attached hydrogen (secondary N) is 2. The standard InChI is InChI=1S/C19H30ClN3O3/c1-3-21-19(22-9-5-10-26-17-8-11-25-14-17)23-13-18(24-2)15-6-4-7-16(20)12-15/h4,6-7,12,17-18H,3,5,8-11,13-14H2,1-2H3,(H2,21,22,23). The average molecular weight is 384 g/mol. The Morgan fingerprint density at radius 1 is 1.42 bits per heavy atom. The molecule has 1 aliphatic heterocycles. The summed E-state index contributed by atoms with van der Waals surface area (Å²) in [5.41, 5.74) is 1.02. The van der Waals surface area contributed by atoms with Crippen LogP contribution < -0.4 is 10.6 Å². The third-order valence-electron chi connectivity index (χ3n) is 4.12. The first kappa shape index (κ1) is 21.0. The normalized spacial score (nSPS) is 18.7. The Bertz CT molecular complexity index is 551. The Hall–Kier alpha value is -1.34.